The minimum Gasteiger partial charge on any atom is -0.389 e. The summed E-state index contributed by atoms with van der Waals surface area (Å²) < 4.78 is 5.01. The van der Waals surface area contributed by atoms with Crippen LogP contribution in [0.5, 0.6) is 0 Å². The average Bonchev–Trinajstić information content (AvgIpc) is 2.40. The fourth-order valence-corrected chi connectivity index (χ4v) is 3.12. The normalized spacial score (nSPS) is 26.3. The van der Waals surface area contributed by atoms with E-state index in [1.807, 2.05) is 0 Å². The molecule has 1 aliphatic rings. The number of ether oxygens (including phenoxy) is 1. The Labute approximate surface area is 116 Å². The van der Waals surface area contributed by atoms with Crippen molar-refractivity contribution in [3.05, 3.63) is 35.9 Å². The fraction of sp³-hybridized carbons (Fsp3) is 0.625. The second-order valence-corrected chi connectivity index (χ2v) is 5.87. The van der Waals surface area contributed by atoms with Crippen molar-refractivity contribution in [3.63, 3.8) is 0 Å². The number of β-amino-alcohol motifs (C(OH)–C–C–N with tert-alkyl or cyclic N) is 1. The molecule has 1 N–H and O–H groups in total. The Kier molecular flexibility index (Phi) is 4.97. The number of hydrogen-bond acceptors (Lipinski definition) is 3. The largest absolute Gasteiger partial charge is 0.389 e. The van der Waals surface area contributed by atoms with Gasteiger partial charge in [-0.1, -0.05) is 37.3 Å². The van der Waals surface area contributed by atoms with Gasteiger partial charge in [-0.15, -0.1) is 0 Å². The molecule has 0 spiro atoms. The third-order valence-corrected chi connectivity index (χ3v) is 4.07. The van der Waals surface area contributed by atoms with Gasteiger partial charge >= 0.3 is 0 Å². The van der Waals surface area contributed by atoms with Crippen LogP contribution in [0.15, 0.2) is 30.3 Å². The van der Waals surface area contributed by atoms with Crippen molar-refractivity contribution in [1.29, 1.82) is 0 Å². The van der Waals surface area contributed by atoms with E-state index in [1.54, 1.807) is 7.11 Å². The molecule has 0 bridgehead atoms. The van der Waals surface area contributed by atoms with E-state index in [9.17, 15) is 5.11 Å². The highest BCUT2D eigenvalue weighted by molar-refractivity contribution is 5.25. The molecule has 0 aromatic heterocycles. The molecule has 1 saturated heterocycles. The zero-order valence-electron chi connectivity index (χ0n) is 12.0. The maximum Gasteiger partial charge on any atom is 0.0900 e. The summed E-state index contributed by atoms with van der Waals surface area (Å²) in [6, 6.07) is 10.7. The summed E-state index contributed by atoms with van der Waals surface area (Å²) in [6.07, 6.45) is 2.02. The molecule has 2 atom stereocenters. The molecule has 3 nitrogen and oxygen atoms in total. The molecule has 1 aromatic rings. The quantitative estimate of drug-likeness (QED) is 0.882. The van der Waals surface area contributed by atoms with Gasteiger partial charge < -0.3 is 9.84 Å². The standard InChI is InChI=1S/C16H25NO2/c1-16(14-7-4-3-5-8-14)9-6-10-17(13-16)11-15(18)12-19-2/h3-5,7-8,15,18H,6,9-13H2,1-2H3/t15-,16-/m1/s1. The number of aliphatic hydroxyl groups excluding tert-OH is 1. The van der Waals surface area contributed by atoms with Crippen LogP contribution in [0.4, 0.5) is 0 Å². The van der Waals surface area contributed by atoms with Crippen LogP contribution < -0.4 is 0 Å². The first-order valence-corrected chi connectivity index (χ1v) is 7.09. The Morgan fingerprint density at radius 1 is 1.37 bits per heavy atom. The summed E-state index contributed by atoms with van der Waals surface area (Å²) in [5.74, 6) is 0. The molecule has 19 heavy (non-hydrogen) atoms. The van der Waals surface area contributed by atoms with Gasteiger partial charge in [0, 0.05) is 25.6 Å². The van der Waals surface area contributed by atoms with E-state index in [2.05, 4.69) is 42.2 Å². The number of piperidine rings is 1. The minimum absolute atomic E-state index is 0.201. The number of rotatable bonds is 5. The van der Waals surface area contributed by atoms with E-state index in [1.165, 1.54) is 18.4 Å². The predicted molar refractivity (Wildman–Crippen MR) is 77.4 cm³/mol. The Hall–Kier alpha value is -0.900. The van der Waals surface area contributed by atoms with E-state index in [0.717, 1.165) is 13.1 Å². The van der Waals surface area contributed by atoms with E-state index in [0.29, 0.717) is 13.2 Å². The SMILES string of the molecule is COC[C@H](O)CN1CCC[C@@](C)(c2ccccc2)C1. The Morgan fingerprint density at radius 2 is 2.11 bits per heavy atom. The van der Waals surface area contributed by atoms with Gasteiger partial charge in [-0.2, -0.15) is 0 Å². The number of methoxy groups -OCH3 is 1. The summed E-state index contributed by atoms with van der Waals surface area (Å²) >= 11 is 0. The topological polar surface area (TPSA) is 32.7 Å². The van der Waals surface area contributed by atoms with Crippen LogP contribution in [0.2, 0.25) is 0 Å². The molecule has 0 radical (unpaired) electrons. The van der Waals surface area contributed by atoms with E-state index < -0.39 is 0 Å². The third kappa shape index (κ3) is 3.78. The van der Waals surface area contributed by atoms with E-state index in [-0.39, 0.29) is 11.5 Å². The van der Waals surface area contributed by atoms with Crippen LogP contribution in [0, 0.1) is 0 Å². The Morgan fingerprint density at radius 3 is 2.79 bits per heavy atom. The minimum atomic E-state index is -0.386. The molecular weight excluding hydrogens is 238 g/mol. The Balaban J connectivity index is 2.00. The molecule has 1 heterocycles. The van der Waals surface area contributed by atoms with E-state index in [4.69, 9.17) is 4.74 Å². The fourth-order valence-electron chi connectivity index (χ4n) is 3.12. The smallest absolute Gasteiger partial charge is 0.0900 e. The average molecular weight is 263 g/mol. The van der Waals surface area contributed by atoms with Crippen molar-refractivity contribution in [2.75, 3.05) is 33.4 Å². The first kappa shape index (κ1) is 14.5. The number of nitrogens with zero attached hydrogens (tertiary/aromatic N) is 1. The summed E-state index contributed by atoms with van der Waals surface area (Å²) in [6.45, 7) is 5.53. The molecule has 3 heteroatoms. The molecule has 0 unspecified atom stereocenters. The first-order chi connectivity index (χ1) is 9.14. The highest BCUT2D eigenvalue weighted by Crippen LogP contribution is 2.33. The third-order valence-electron chi connectivity index (χ3n) is 4.07. The van der Waals surface area contributed by atoms with Crippen LogP contribution >= 0.6 is 0 Å². The molecule has 0 aliphatic carbocycles. The van der Waals surface area contributed by atoms with Gasteiger partial charge in [0.15, 0.2) is 0 Å². The van der Waals surface area contributed by atoms with Crippen molar-refractivity contribution in [1.82, 2.24) is 4.90 Å². The van der Waals surface area contributed by atoms with Gasteiger partial charge in [0.05, 0.1) is 12.7 Å². The number of hydrogen-bond donors (Lipinski definition) is 1. The van der Waals surface area contributed by atoms with Gasteiger partial charge in [-0.3, -0.25) is 4.90 Å². The van der Waals surface area contributed by atoms with Crippen molar-refractivity contribution in [2.24, 2.45) is 0 Å². The summed E-state index contributed by atoms with van der Waals surface area (Å²) in [5.41, 5.74) is 1.60. The molecule has 1 aliphatic heterocycles. The predicted octanol–water partition coefficient (Wildman–Crippen LogP) is 2.05. The number of likely N-dealkylation sites (tertiary alicyclic amines) is 1. The van der Waals surface area contributed by atoms with Gasteiger partial charge in [0.2, 0.25) is 0 Å². The lowest BCUT2D eigenvalue weighted by molar-refractivity contribution is 0.0245. The Bertz CT molecular complexity index is 382. The molecule has 106 valence electrons. The maximum atomic E-state index is 9.88. The van der Waals surface area contributed by atoms with Crippen LogP contribution in [0.25, 0.3) is 0 Å². The van der Waals surface area contributed by atoms with Crippen molar-refractivity contribution in [3.8, 4) is 0 Å². The second-order valence-electron chi connectivity index (χ2n) is 5.87. The molecule has 2 rings (SSSR count). The van der Waals surface area contributed by atoms with Crippen molar-refractivity contribution in [2.45, 2.75) is 31.3 Å². The van der Waals surface area contributed by atoms with Crippen molar-refractivity contribution < 1.29 is 9.84 Å². The van der Waals surface area contributed by atoms with Crippen LogP contribution in [-0.2, 0) is 10.2 Å². The van der Waals surface area contributed by atoms with Gasteiger partial charge in [0.25, 0.3) is 0 Å². The monoisotopic (exact) mass is 263 g/mol. The lowest BCUT2D eigenvalue weighted by Crippen LogP contribution is -2.47. The highest BCUT2D eigenvalue weighted by Gasteiger charge is 2.32. The van der Waals surface area contributed by atoms with Gasteiger partial charge in [0.1, 0.15) is 0 Å². The van der Waals surface area contributed by atoms with Gasteiger partial charge in [-0.05, 0) is 24.9 Å². The second kappa shape index (κ2) is 6.51. The van der Waals surface area contributed by atoms with Gasteiger partial charge in [-0.25, -0.2) is 0 Å². The number of benzene rings is 1. The lowest BCUT2D eigenvalue weighted by atomic mass is 9.76. The van der Waals surface area contributed by atoms with E-state index >= 15 is 0 Å². The highest BCUT2D eigenvalue weighted by atomic mass is 16.5. The van der Waals surface area contributed by atoms with Crippen LogP contribution in [-0.4, -0.2) is 49.5 Å². The summed E-state index contributed by atoms with van der Waals surface area (Å²) in [4.78, 5) is 2.36. The van der Waals surface area contributed by atoms with Crippen LogP contribution in [0.3, 0.4) is 0 Å². The zero-order valence-corrected chi connectivity index (χ0v) is 12.0. The molecule has 1 aromatic carbocycles. The maximum absolute atomic E-state index is 9.88. The van der Waals surface area contributed by atoms with Crippen molar-refractivity contribution >= 4 is 0 Å². The summed E-state index contributed by atoms with van der Waals surface area (Å²) in [5, 5.41) is 9.88. The molecular formula is C16H25NO2. The summed E-state index contributed by atoms with van der Waals surface area (Å²) in [7, 11) is 1.63. The lowest BCUT2D eigenvalue weighted by Gasteiger charge is -2.41. The first-order valence-electron chi connectivity index (χ1n) is 7.09. The van der Waals surface area contributed by atoms with Crippen LogP contribution in [0.1, 0.15) is 25.3 Å². The molecule has 0 amide bonds. The number of aliphatic hydroxyl groups is 1. The zero-order chi connectivity index (χ0) is 13.7. The molecule has 0 saturated carbocycles. The molecule has 1 fully saturated rings.